The fourth-order valence-electron chi connectivity index (χ4n) is 0.430. The third-order valence-corrected chi connectivity index (χ3v) is 0.812. The Morgan fingerprint density at radius 1 is 0.833 bits per heavy atom. The highest BCUT2D eigenvalue weighted by Gasteiger charge is 1.57. The molecule has 0 radical (unpaired) electrons. The van der Waals surface area contributed by atoms with Crippen molar-refractivity contribution < 1.29 is 0 Å². The number of nitrogens with zero attached hydrogens (tertiary/aromatic N) is 2. The van der Waals surface area contributed by atoms with Crippen LogP contribution in [0.2, 0.25) is 0 Å². The molecule has 66 valence electrons. The van der Waals surface area contributed by atoms with Crippen LogP contribution in [0.25, 0.3) is 0 Å². The SMILES string of the molecule is CC.c1cn[nH]c1.c1cn[nH]c1. The standard InChI is InChI=1S/2C3H4N2.C2H6/c2*1-2-4-5-3-1;1-2/h2*1-3H,(H,4,5);1-2H3. The second-order valence-electron chi connectivity index (χ2n) is 1.53. The predicted molar refractivity (Wildman–Crippen MR) is 48.5 cm³/mol. The molecule has 2 N–H and O–H groups in total. The molecule has 2 aromatic rings. The predicted octanol–water partition coefficient (Wildman–Crippen LogP) is 1.85. The average molecular weight is 166 g/mol. The number of nitrogens with one attached hydrogen (secondary N) is 2. The van der Waals surface area contributed by atoms with Crippen LogP contribution in [0.1, 0.15) is 13.8 Å². The van der Waals surface area contributed by atoms with Gasteiger partial charge in [0.2, 0.25) is 0 Å². The van der Waals surface area contributed by atoms with Gasteiger partial charge in [0.25, 0.3) is 0 Å². The molecule has 0 aromatic carbocycles. The van der Waals surface area contributed by atoms with Crippen LogP contribution in [-0.2, 0) is 0 Å². The van der Waals surface area contributed by atoms with E-state index in [2.05, 4.69) is 20.4 Å². The summed E-state index contributed by atoms with van der Waals surface area (Å²) >= 11 is 0. The lowest BCUT2D eigenvalue weighted by Crippen LogP contribution is -1.53. The van der Waals surface area contributed by atoms with Crippen LogP contribution in [0.15, 0.2) is 36.9 Å². The number of aromatic amines is 2. The first-order valence-electron chi connectivity index (χ1n) is 3.87. The van der Waals surface area contributed by atoms with Crippen molar-refractivity contribution in [1.29, 1.82) is 0 Å². The summed E-state index contributed by atoms with van der Waals surface area (Å²) < 4.78 is 0. The van der Waals surface area contributed by atoms with Crippen LogP contribution in [-0.4, -0.2) is 20.4 Å². The third-order valence-electron chi connectivity index (χ3n) is 0.812. The summed E-state index contributed by atoms with van der Waals surface area (Å²) in [6, 6.07) is 3.67. The smallest absolute Gasteiger partial charge is 0.0487 e. The first-order valence-corrected chi connectivity index (χ1v) is 3.87. The summed E-state index contributed by atoms with van der Waals surface area (Å²) in [5.74, 6) is 0. The number of aromatic nitrogens is 4. The molecule has 0 aliphatic rings. The average Bonchev–Trinajstić information content (AvgIpc) is 2.87. The van der Waals surface area contributed by atoms with E-state index in [4.69, 9.17) is 0 Å². The van der Waals surface area contributed by atoms with E-state index in [1.54, 1.807) is 24.8 Å². The molecule has 0 aliphatic heterocycles. The molecule has 0 saturated heterocycles. The van der Waals surface area contributed by atoms with Gasteiger partial charge in [0.05, 0.1) is 0 Å². The maximum absolute atomic E-state index is 3.60. The van der Waals surface area contributed by atoms with Crippen molar-refractivity contribution in [2.24, 2.45) is 0 Å². The molecule has 4 heteroatoms. The van der Waals surface area contributed by atoms with E-state index in [-0.39, 0.29) is 0 Å². The number of hydrogen-bond donors (Lipinski definition) is 2. The fraction of sp³-hybridized carbons (Fsp3) is 0.250. The first-order chi connectivity index (χ1) is 6.00. The Bertz CT molecular complexity index is 150. The fourth-order valence-corrected chi connectivity index (χ4v) is 0.430. The van der Waals surface area contributed by atoms with Crippen molar-refractivity contribution in [3.63, 3.8) is 0 Å². The van der Waals surface area contributed by atoms with Crippen molar-refractivity contribution in [3.05, 3.63) is 36.9 Å². The molecule has 0 saturated carbocycles. The second kappa shape index (κ2) is 9.42. The van der Waals surface area contributed by atoms with E-state index in [9.17, 15) is 0 Å². The van der Waals surface area contributed by atoms with E-state index in [0.29, 0.717) is 0 Å². The Morgan fingerprint density at radius 3 is 1.33 bits per heavy atom. The van der Waals surface area contributed by atoms with Gasteiger partial charge in [-0.1, -0.05) is 13.8 Å². The lowest BCUT2D eigenvalue weighted by Gasteiger charge is -1.49. The van der Waals surface area contributed by atoms with Gasteiger partial charge in [-0.15, -0.1) is 0 Å². The molecular formula is C8H14N4. The lowest BCUT2D eigenvalue weighted by atomic mass is 10.8. The van der Waals surface area contributed by atoms with Crippen molar-refractivity contribution in [1.82, 2.24) is 20.4 Å². The first kappa shape index (κ1) is 10.4. The van der Waals surface area contributed by atoms with Gasteiger partial charge in [0.15, 0.2) is 0 Å². The maximum Gasteiger partial charge on any atom is 0.0487 e. The molecule has 0 fully saturated rings. The van der Waals surface area contributed by atoms with Gasteiger partial charge in [0, 0.05) is 24.8 Å². The molecule has 2 heterocycles. The van der Waals surface area contributed by atoms with Crippen LogP contribution < -0.4 is 0 Å². The normalized spacial score (nSPS) is 7.17. The lowest BCUT2D eigenvalue weighted by molar-refractivity contribution is 1.09. The zero-order chi connectivity index (χ0) is 9.07. The van der Waals surface area contributed by atoms with E-state index in [1.807, 2.05) is 26.0 Å². The highest BCUT2D eigenvalue weighted by atomic mass is 15.1. The Morgan fingerprint density at radius 2 is 1.25 bits per heavy atom. The summed E-state index contributed by atoms with van der Waals surface area (Å²) in [4.78, 5) is 0. The Labute approximate surface area is 72.0 Å². The molecule has 12 heavy (non-hydrogen) atoms. The minimum absolute atomic E-state index is 1.69. The summed E-state index contributed by atoms with van der Waals surface area (Å²) in [6.07, 6.45) is 6.92. The highest BCUT2D eigenvalue weighted by Crippen LogP contribution is 1.65. The van der Waals surface area contributed by atoms with Crippen molar-refractivity contribution in [2.75, 3.05) is 0 Å². The summed E-state index contributed by atoms with van der Waals surface area (Å²) in [7, 11) is 0. The van der Waals surface area contributed by atoms with E-state index < -0.39 is 0 Å². The van der Waals surface area contributed by atoms with Gasteiger partial charge < -0.3 is 0 Å². The number of rotatable bonds is 0. The summed E-state index contributed by atoms with van der Waals surface area (Å²) in [6.45, 7) is 4.00. The van der Waals surface area contributed by atoms with E-state index >= 15 is 0 Å². The van der Waals surface area contributed by atoms with Crippen LogP contribution in [0, 0.1) is 0 Å². The molecule has 2 rings (SSSR count). The van der Waals surface area contributed by atoms with Gasteiger partial charge in [-0.05, 0) is 12.1 Å². The van der Waals surface area contributed by atoms with Gasteiger partial charge in [-0.3, -0.25) is 10.2 Å². The van der Waals surface area contributed by atoms with Crippen molar-refractivity contribution in [3.8, 4) is 0 Å². The maximum atomic E-state index is 3.60. The highest BCUT2D eigenvalue weighted by molar-refractivity contribution is 4.72. The van der Waals surface area contributed by atoms with Crippen molar-refractivity contribution in [2.45, 2.75) is 13.8 Å². The monoisotopic (exact) mass is 166 g/mol. The molecule has 0 spiro atoms. The topological polar surface area (TPSA) is 57.4 Å². The molecule has 0 amide bonds. The van der Waals surface area contributed by atoms with Gasteiger partial charge >= 0.3 is 0 Å². The Kier molecular flexibility index (Phi) is 8.18. The summed E-state index contributed by atoms with van der Waals surface area (Å²) in [5.41, 5.74) is 0. The van der Waals surface area contributed by atoms with E-state index in [0.717, 1.165) is 0 Å². The van der Waals surface area contributed by atoms with Crippen LogP contribution in [0.3, 0.4) is 0 Å². The Hall–Kier alpha value is -1.58. The molecule has 2 aromatic heterocycles. The molecule has 0 atom stereocenters. The van der Waals surface area contributed by atoms with Crippen LogP contribution in [0.4, 0.5) is 0 Å². The molecule has 0 aliphatic carbocycles. The molecule has 0 unspecified atom stereocenters. The largest absolute Gasteiger partial charge is 0.286 e. The quantitative estimate of drug-likeness (QED) is 0.627. The number of hydrogen-bond acceptors (Lipinski definition) is 2. The van der Waals surface area contributed by atoms with Gasteiger partial charge in [-0.2, -0.15) is 10.2 Å². The van der Waals surface area contributed by atoms with Gasteiger partial charge in [0.1, 0.15) is 0 Å². The van der Waals surface area contributed by atoms with Crippen LogP contribution >= 0.6 is 0 Å². The summed E-state index contributed by atoms with van der Waals surface area (Å²) in [5, 5.41) is 12.4. The second-order valence-corrected chi connectivity index (χ2v) is 1.53. The van der Waals surface area contributed by atoms with Crippen LogP contribution in [0.5, 0.6) is 0 Å². The van der Waals surface area contributed by atoms with E-state index in [1.165, 1.54) is 0 Å². The number of H-pyrrole nitrogens is 2. The molecule has 4 nitrogen and oxygen atoms in total. The molecule has 0 bridgehead atoms. The van der Waals surface area contributed by atoms with Crippen molar-refractivity contribution >= 4 is 0 Å². The minimum Gasteiger partial charge on any atom is -0.286 e. The molecular weight excluding hydrogens is 152 g/mol. The third kappa shape index (κ3) is 6.54. The minimum atomic E-state index is 1.69. The zero-order valence-electron chi connectivity index (χ0n) is 7.36. The zero-order valence-corrected chi connectivity index (χ0v) is 7.36. The van der Waals surface area contributed by atoms with Gasteiger partial charge in [-0.25, -0.2) is 0 Å². The Balaban J connectivity index is 0.000000168.